The van der Waals surface area contributed by atoms with Crippen molar-refractivity contribution in [2.24, 2.45) is 0 Å². The maximum absolute atomic E-state index is 12.5. The van der Waals surface area contributed by atoms with E-state index in [4.69, 9.17) is 0 Å². The lowest BCUT2D eigenvalue weighted by Crippen LogP contribution is -2.45. The second-order valence-corrected chi connectivity index (χ2v) is 9.43. The molecule has 0 atom stereocenters. The number of rotatable bonds is 9. The van der Waals surface area contributed by atoms with E-state index in [-0.39, 0.29) is 24.9 Å². The number of piperazine rings is 1. The van der Waals surface area contributed by atoms with Crippen LogP contribution >= 0.6 is 0 Å². The van der Waals surface area contributed by atoms with Gasteiger partial charge in [-0.25, -0.2) is 0 Å². The van der Waals surface area contributed by atoms with E-state index in [0.717, 1.165) is 55.3 Å². The van der Waals surface area contributed by atoms with Crippen LogP contribution in [0.5, 0.6) is 0 Å². The Morgan fingerprint density at radius 3 is 1.83 bits per heavy atom. The Morgan fingerprint density at radius 2 is 1.28 bits per heavy atom. The van der Waals surface area contributed by atoms with Gasteiger partial charge in [0.15, 0.2) is 0 Å². The Labute approximate surface area is 213 Å². The molecule has 0 aliphatic carbocycles. The Kier molecular flexibility index (Phi) is 8.71. The molecule has 0 unspecified atom stereocenters. The van der Waals surface area contributed by atoms with Crippen LogP contribution in [-0.2, 0) is 16.1 Å². The number of amides is 2. The minimum absolute atomic E-state index is 0.131. The van der Waals surface area contributed by atoms with Gasteiger partial charge in [-0.2, -0.15) is 0 Å². The molecule has 188 valence electrons. The van der Waals surface area contributed by atoms with Crippen LogP contribution < -0.4 is 15.5 Å². The number of likely N-dealkylation sites (N-methyl/N-ethyl adjacent to an activating group) is 1. The summed E-state index contributed by atoms with van der Waals surface area (Å²) in [5.74, 6) is -0.301. The normalized spacial score (nSPS) is 14.0. The molecule has 2 amide bonds. The molecule has 1 heterocycles. The average molecular weight is 486 g/mol. The Balaban J connectivity index is 1.18. The number of carbonyl (C=O) groups is 2. The van der Waals surface area contributed by atoms with Crippen molar-refractivity contribution >= 4 is 28.9 Å². The van der Waals surface area contributed by atoms with E-state index in [0.29, 0.717) is 0 Å². The van der Waals surface area contributed by atoms with Gasteiger partial charge in [-0.1, -0.05) is 48.0 Å². The minimum Gasteiger partial charge on any atom is -0.369 e. The molecule has 0 bridgehead atoms. The highest BCUT2D eigenvalue weighted by molar-refractivity contribution is 5.94. The predicted octanol–water partition coefficient (Wildman–Crippen LogP) is 3.83. The topological polar surface area (TPSA) is 67.9 Å². The van der Waals surface area contributed by atoms with Crippen molar-refractivity contribution in [3.8, 4) is 0 Å². The van der Waals surface area contributed by atoms with E-state index in [1.807, 2.05) is 43.3 Å². The van der Waals surface area contributed by atoms with E-state index in [2.05, 4.69) is 62.9 Å². The highest BCUT2D eigenvalue weighted by atomic mass is 16.2. The molecular formula is C29H35N5O2. The Morgan fingerprint density at radius 1 is 0.750 bits per heavy atom. The SMILES string of the molecule is Cc1ccc(NC(=O)CN(C)CC(=O)Nc2ccc(N3CCN(Cc4ccccc4)CC3)cc2)cc1. The van der Waals surface area contributed by atoms with Crippen LogP contribution in [0.1, 0.15) is 11.1 Å². The molecule has 0 radical (unpaired) electrons. The van der Waals surface area contributed by atoms with E-state index < -0.39 is 0 Å². The molecule has 0 spiro atoms. The number of carbonyl (C=O) groups excluding carboxylic acids is 2. The molecule has 1 aliphatic heterocycles. The van der Waals surface area contributed by atoms with Crippen LogP contribution in [-0.4, -0.2) is 67.9 Å². The van der Waals surface area contributed by atoms with Crippen LogP contribution in [0.2, 0.25) is 0 Å². The third kappa shape index (κ3) is 7.66. The van der Waals surface area contributed by atoms with Crippen molar-refractivity contribution in [1.82, 2.24) is 9.80 Å². The van der Waals surface area contributed by atoms with Crippen molar-refractivity contribution in [2.75, 3.05) is 61.8 Å². The molecule has 1 saturated heterocycles. The van der Waals surface area contributed by atoms with E-state index in [9.17, 15) is 9.59 Å². The van der Waals surface area contributed by atoms with Gasteiger partial charge < -0.3 is 15.5 Å². The van der Waals surface area contributed by atoms with Crippen LogP contribution in [0.4, 0.5) is 17.1 Å². The molecule has 4 rings (SSSR count). The minimum atomic E-state index is -0.151. The zero-order valence-electron chi connectivity index (χ0n) is 21.1. The summed E-state index contributed by atoms with van der Waals surface area (Å²) < 4.78 is 0. The van der Waals surface area contributed by atoms with Gasteiger partial charge >= 0.3 is 0 Å². The lowest BCUT2D eigenvalue weighted by molar-refractivity contribution is -0.119. The number of anilines is 3. The molecule has 0 saturated carbocycles. The maximum Gasteiger partial charge on any atom is 0.238 e. The Hall–Kier alpha value is -3.68. The van der Waals surface area contributed by atoms with Gasteiger partial charge in [0.2, 0.25) is 11.8 Å². The lowest BCUT2D eigenvalue weighted by atomic mass is 10.2. The fourth-order valence-corrected chi connectivity index (χ4v) is 4.35. The van der Waals surface area contributed by atoms with Crippen LogP contribution in [0.25, 0.3) is 0 Å². The van der Waals surface area contributed by atoms with E-state index in [1.165, 1.54) is 5.56 Å². The monoisotopic (exact) mass is 485 g/mol. The summed E-state index contributed by atoms with van der Waals surface area (Å²) in [4.78, 5) is 31.3. The molecule has 7 heteroatoms. The van der Waals surface area contributed by atoms with Gasteiger partial charge in [-0.05, 0) is 55.9 Å². The van der Waals surface area contributed by atoms with Crippen molar-refractivity contribution in [3.63, 3.8) is 0 Å². The quantitative estimate of drug-likeness (QED) is 0.482. The largest absolute Gasteiger partial charge is 0.369 e. The molecule has 3 aromatic rings. The first-order valence-electron chi connectivity index (χ1n) is 12.4. The summed E-state index contributed by atoms with van der Waals surface area (Å²) in [6.45, 7) is 7.26. The Bertz CT molecular complexity index is 1120. The van der Waals surface area contributed by atoms with Crippen LogP contribution in [0, 0.1) is 6.92 Å². The first-order chi connectivity index (χ1) is 17.4. The number of nitrogens with zero attached hydrogens (tertiary/aromatic N) is 3. The molecule has 1 fully saturated rings. The van der Waals surface area contributed by atoms with Crippen molar-refractivity contribution in [1.29, 1.82) is 0 Å². The van der Waals surface area contributed by atoms with Gasteiger partial charge in [0.1, 0.15) is 0 Å². The van der Waals surface area contributed by atoms with Gasteiger partial charge in [0.05, 0.1) is 13.1 Å². The predicted molar refractivity (Wildman–Crippen MR) is 146 cm³/mol. The summed E-state index contributed by atoms with van der Waals surface area (Å²) >= 11 is 0. The second-order valence-electron chi connectivity index (χ2n) is 9.43. The third-order valence-electron chi connectivity index (χ3n) is 6.30. The molecule has 2 N–H and O–H groups in total. The summed E-state index contributed by atoms with van der Waals surface area (Å²) in [7, 11) is 1.76. The second kappa shape index (κ2) is 12.3. The molecule has 36 heavy (non-hydrogen) atoms. The number of hydrogen-bond donors (Lipinski definition) is 2. The number of benzene rings is 3. The molecule has 1 aliphatic rings. The van der Waals surface area contributed by atoms with E-state index in [1.54, 1.807) is 11.9 Å². The lowest BCUT2D eigenvalue weighted by Gasteiger charge is -2.36. The van der Waals surface area contributed by atoms with Crippen molar-refractivity contribution in [3.05, 3.63) is 90.0 Å². The first-order valence-corrected chi connectivity index (χ1v) is 12.4. The summed E-state index contributed by atoms with van der Waals surface area (Å²) in [6.07, 6.45) is 0. The standard InChI is InChI=1S/C29H35N5O2/c1-23-8-10-25(11-9-23)30-28(35)21-32(2)22-29(36)31-26-12-14-27(15-13-26)34-18-16-33(17-19-34)20-24-6-4-3-5-7-24/h3-15H,16-22H2,1-2H3,(H,30,35)(H,31,36). The van der Waals surface area contributed by atoms with Gasteiger partial charge in [0.25, 0.3) is 0 Å². The van der Waals surface area contributed by atoms with Crippen LogP contribution in [0.15, 0.2) is 78.9 Å². The molecule has 7 nitrogen and oxygen atoms in total. The fourth-order valence-electron chi connectivity index (χ4n) is 4.35. The summed E-state index contributed by atoms with van der Waals surface area (Å²) in [5, 5.41) is 5.78. The smallest absolute Gasteiger partial charge is 0.238 e. The zero-order chi connectivity index (χ0) is 25.3. The number of aryl methyl sites for hydroxylation is 1. The van der Waals surface area contributed by atoms with Crippen LogP contribution in [0.3, 0.4) is 0 Å². The van der Waals surface area contributed by atoms with Crippen molar-refractivity contribution < 1.29 is 9.59 Å². The third-order valence-corrected chi connectivity index (χ3v) is 6.30. The highest BCUT2D eigenvalue weighted by Gasteiger charge is 2.17. The summed E-state index contributed by atoms with van der Waals surface area (Å²) in [6, 6.07) is 26.2. The average Bonchev–Trinajstić information content (AvgIpc) is 2.87. The molecular weight excluding hydrogens is 450 g/mol. The fraction of sp³-hybridized carbons (Fsp3) is 0.310. The van der Waals surface area contributed by atoms with Gasteiger partial charge in [-0.15, -0.1) is 0 Å². The maximum atomic E-state index is 12.5. The van der Waals surface area contributed by atoms with Gasteiger partial charge in [-0.3, -0.25) is 19.4 Å². The van der Waals surface area contributed by atoms with Gasteiger partial charge in [0, 0.05) is 49.8 Å². The molecule has 0 aromatic heterocycles. The summed E-state index contributed by atoms with van der Waals surface area (Å²) in [5.41, 5.74) is 5.15. The zero-order valence-corrected chi connectivity index (χ0v) is 21.1. The van der Waals surface area contributed by atoms with Crippen molar-refractivity contribution in [2.45, 2.75) is 13.5 Å². The highest BCUT2D eigenvalue weighted by Crippen LogP contribution is 2.20. The number of nitrogens with one attached hydrogen (secondary N) is 2. The number of hydrogen-bond acceptors (Lipinski definition) is 5. The molecule has 3 aromatic carbocycles. The van der Waals surface area contributed by atoms with E-state index >= 15 is 0 Å². The first kappa shape index (κ1) is 25.4.